The van der Waals surface area contributed by atoms with Crippen LogP contribution in [0.4, 0.5) is 78.5 Å². The van der Waals surface area contributed by atoms with Gasteiger partial charge in [0.1, 0.15) is 0 Å². The Bertz CT molecular complexity index is 2420. The van der Waals surface area contributed by atoms with Crippen LogP contribution in [0.2, 0.25) is 0 Å². The fourth-order valence-electron chi connectivity index (χ4n) is 7.29. The molecule has 0 amide bonds. The van der Waals surface area contributed by atoms with Crippen molar-refractivity contribution in [2.24, 2.45) is 0 Å². The van der Waals surface area contributed by atoms with Crippen LogP contribution < -0.4 is 138 Å². The zero-order chi connectivity index (χ0) is 63.9. The molecular weight excluding hydrogens is 1370 g/mol. The smallest absolute Gasteiger partial charge is 1.00 e. The number of benzene rings is 4. The molecule has 0 unspecified atom stereocenters. The van der Waals surface area contributed by atoms with E-state index in [1.165, 1.54) is 0 Å². The van der Waals surface area contributed by atoms with E-state index in [2.05, 4.69) is 35.4 Å². The van der Waals surface area contributed by atoms with Gasteiger partial charge in [-0.2, -0.15) is 0 Å². The zero-order valence-electron chi connectivity index (χ0n) is 46.9. The topological polar surface area (TPSA) is 185 Å². The number of halogens is 18. The van der Waals surface area contributed by atoms with Gasteiger partial charge in [-0.15, -0.1) is 0 Å². The molecule has 0 N–H and O–H groups in total. The molecule has 4 aromatic rings. The summed E-state index contributed by atoms with van der Waals surface area (Å²) in [5.41, 5.74) is 0. The first-order valence-corrected chi connectivity index (χ1v) is 29.6. The van der Waals surface area contributed by atoms with Crippen molar-refractivity contribution in [3.05, 3.63) is 93.1 Å². The largest absolute Gasteiger partial charge is 1.00 e. The average molecular weight is 1420 g/mol. The predicted molar refractivity (Wildman–Crippen MR) is 254 cm³/mol. The molecule has 0 aliphatic carbocycles. The van der Waals surface area contributed by atoms with E-state index < -0.39 is 156 Å². The van der Waals surface area contributed by atoms with Crippen molar-refractivity contribution in [1.29, 1.82) is 0 Å². The predicted octanol–water partition coefficient (Wildman–Crippen LogP) is 2.00. The molecule has 4 aromatic carbocycles. The summed E-state index contributed by atoms with van der Waals surface area (Å²) in [4.78, 5) is 0. The van der Waals surface area contributed by atoms with Crippen molar-refractivity contribution in [3.8, 4) is 46.0 Å². The van der Waals surface area contributed by atoms with Crippen LogP contribution >= 0.6 is 0 Å². The molecule has 2 saturated heterocycles. The van der Waals surface area contributed by atoms with Gasteiger partial charge in [-0.1, -0.05) is 0 Å². The van der Waals surface area contributed by atoms with Crippen LogP contribution in [0, 0.1) is 93.1 Å². The second-order valence-electron chi connectivity index (χ2n) is 17.4. The van der Waals surface area contributed by atoms with E-state index in [4.69, 9.17) is 56.8 Å². The van der Waals surface area contributed by atoms with Crippen LogP contribution in [0.3, 0.4) is 0 Å². The van der Waals surface area contributed by atoms with E-state index in [0.717, 1.165) is 0 Å². The van der Waals surface area contributed by atoms with E-state index >= 15 is 8.22 Å². The van der Waals surface area contributed by atoms with Gasteiger partial charge in [0, 0.05) is 0 Å². The molecule has 0 aromatic heterocycles. The van der Waals surface area contributed by atoms with Crippen LogP contribution in [0.15, 0.2) is 0 Å². The Balaban J connectivity index is 0.000000220. The van der Waals surface area contributed by atoms with Gasteiger partial charge in [-0.25, -0.2) is 0 Å². The maximum atomic E-state index is 15.2. The number of hydrogen-bond donors (Lipinski definition) is 0. The summed E-state index contributed by atoms with van der Waals surface area (Å²) in [5.74, 6) is -51.2. The number of rotatable bonds is 0. The van der Waals surface area contributed by atoms with E-state index in [1.807, 2.05) is 0 Å². The molecule has 10 rings (SSSR count). The monoisotopic (exact) mass is 1420 g/mol. The molecule has 0 radical (unpaired) electrons. The molecule has 0 bridgehead atoms. The first kappa shape index (κ1) is 77.9. The van der Waals surface area contributed by atoms with E-state index in [-0.39, 0.29) is 103 Å². The summed E-state index contributed by atoms with van der Waals surface area (Å²) in [7, 11) is -14.4. The molecule has 6 aliphatic rings. The van der Waals surface area contributed by atoms with Crippen LogP contribution in [0.5, 0.6) is 46.0 Å². The molecule has 6 aliphatic heterocycles. The van der Waals surface area contributed by atoms with Crippen LogP contribution in [-0.2, 0) is 56.8 Å². The van der Waals surface area contributed by atoms with E-state index in [9.17, 15) is 70.2 Å². The Morgan fingerprint density at radius 1 is 0.156 bits per heavy atom. The molecule has 2 spiro atoms. The molecule has 6 heterocycles. The van der Waals surface area contributed by atoms with Crippen molar-refractivity contribution < 1.29 is 273 Å². The molecule has 496 valence electrons. The minimum atomic E-state index is -7.22. The molecule has 90 heavy (non-hydrogen) atoms. The SMILES string of the molecule is C1COCCOCCOCCOCCOCCO1.C1COCCOCCOCCOCCOCCO1.Fc1c(F)c(F)c2c(c1F)O[Si-]1(F)(O2)Oc2c(F)c(F)c(F)c(F)c2O1.Fc1c(F)c(F)c2c(c1F)O[Si-]1(F)(O2)Oc2c(F)c(F)c(F)c(F)c2O1.[K+].[K+]. The number of ether oxygens (including phenoxy) is 12. The first-order valence-electron chi connectivity index (χ1n) is 25.6. The Morgan fingerprint density at radius 3 is 0.311 bits per heavy atom. The summed E-state index contributed by atoms with van der Waals surface area (Å²) in [6.07, 6.45) is 0. The fraction of sp³-hybridized carbons (Fsp3) is 0.500. The van der Waals surface area contributed by atoms with Crippen LogP contribution in [0.1, 0.15) is 0 Å². The van der Waals surface area contributed by atoms with Gasteiger partial charge in [-0.05, 0) is 0 Å². The number of hydrogen-bond acceptors (Lipinski definition) is 20. The summed E-state index contributed by atoms with van der Waals surface area (Å²) >= 11 is 0. The molecule has 0 atom stereocenters. The minimum Gasteiger partial charge on any atom is 1.00 e. The Kier molecular flexibility index (Phi) is 30.6. The third-order valence-corrected chi connectivity index (χ3v) is 15.6. The average Bonchev–Trinajstić information content (AvgIpc) is 1.55. The summed E-state index contributed by atoms with van der Waals surface area (Å²) in [6.45, 7) is 14.1. The van der Waals surface area contributed by atoms with Crippen molar-refractivity contribution in [2.75, 3.05) is 159 Å². The van der Waals surface area contributed by atoms with Crippen molar-refractivity contribution in [2.45, 2.75) is 0 Å². The third-order valence-electron chi connectivity index (χ3n) is 11.3. The van der Waals surface area contributed by atoms with Crippen molar-refractivity contribution in [1.82, 2.24) is 0 Å². The second kappa shape index (κ2) is 35.3. The van der Waals surface area contributed by atoms with E-state index in [0.29, 0.717) is 159 Å². The molecule has 42 heteroatoms. The number of fused-ring (bicyclic) bond motifs is 4. The molecular formula is C48H48F18K2O20Si2. The Hall–Kier alpha value is -2.75. The first-order chi connectivity index (χ1) is 41.9. The standard InChI is InChI=1S/2C12F9O4Si.2C12H24O6.2K/c2*13-1-2(14)6(18)10-9(5(1)17)22-26(21,23-10)24-11-7(19)3(15)4(16)8(20)12(11)25-26;2*1-2-14-5-6-16-9-10-18-12-11-17-8-7-15-4-3-13-1;;/h;;2*1-12H2;;/q2*-1;;;2*+1. The quantitative estimate of drug-likeness (QED) is 0.0819. The summed E-state index contributed by atoms with van der Waals surface area (Å²) in [6, 6.07) is 0. The maximum absolute atomic E-state index is 15.2. The molecule has 2 fully saturated rings. The third kappa shape index (κ3) is 19.3. The molecule has 0 saturated carbocycles. The fourth-order valence-corrected chi connectivity index (χ4v) is 11.9. The van der Waals surface area contributed by atoms with Crippen LogP contribution in [-0.4, -0.2) is 176 Å². The second-order valence-corrected chi connectivity index (χ2v) is 22.3. The Morgan fingerprint density at radius 2 is 0.233 bits per heavy atom. The summed E-state index contributed by atoms with van der Waals surface area (Å²) in [5, 5.41) is 0. The van der Waals surface area contributed by atoms with Gasteiger partial charge in [0.25, 0.3) is 0 Å². The van der Waals surface area contributed by atoms with Gasteiger partial charge in [-0.3, -0.25) is 0 Å². The summed E-state index contributed by atoms with van der Waals surface area (Å²) < 4.78 is 343. The minimum absolute atomic E-state index is 0. The maximum Gasteiger partial charge on any atom is 1.00 e. The van der Waals surface area contributed by atoms with Crippen molar-refractivity contribution >= 4 is 17.3 Å². The van der Waals surface area contributed by atoms with Crippen molar-refractivity contribution in [3.63, 3.8) is 0 Å². The zero-order valence-corrected chi connectivity index (χ0v) is 55.2. The van der Waals surface area contributed by atoms with E-state index in [1.54, 1.807) is 0 Å². The van der Waals surface area contributed by atoms with Gasteiger partial charge in [0.15, 0.2) is 0 Å². The van der Waals surface area contributed by atoms with Crippen LogP contribution in [0.25, 0.3) is 0 Å². The van der Waals surface area contributed by atoms with Gasteiger partial charge in [0.05, 0.1) is 159 Å². The van der Waals surface area contributed by atoms with Gasteiger partial charge in [0.2, 0.25) is 0 Å². The van der Waals surface area contributed by atoms with Gasteiger partial charge < -0.3 is 56.8 Å². The molecule has 20 nitrogen and oxygen atoms in total. The Labute approximate surface area is 582 Å². The normalized spacial score (nSPS) is 20.9. The van der Waals surface area contributed by atoms with Gasteiger partial charge >= 0.3 is 373 Å².